The third kappa shape index (κ3) is 8.60. The van der Waals surface area contributed by atoms with E-state index in [1.807, 2.05) is 18.2 Å². The number of nitrogens with two attached hydrogens (primary N) is 1. The molecule has 3 heterocycles. The number of rotatable bonds is 15. The van der Waals surface area contributed by atoms with Crippen LogP contribution in [0, 0.1) is 16.7 Å². The maximum atomic E-state index is 12.8. The first-order valence-electron chi connectivity index (χ1n) is 19.4. The minimum absolute atomic E-state index is 0.0557. The van der Waals surface area contributed by atoms with E-state index in [4.69, 9.17) is 24.7 Å². The number of nitrogens with zero attached hydrogens (tertiary/aromatic N) is 1. The number of phenolic OH excluding ortho intramolecular Hbond substituents is 2. The number of benzene rings is 2. The highest BCUT2D eigenvalue weighted by atomic mass is 16.5. The number of aliphatic hydroxyl groups is 2. The first kappa shape index (κ1) is 40.4. The Bertz CT molecular complexity index is 1780. The standard InChI is InChI=1S/C42H57N3O10/c1-25-21-41(12-4-5-13-41)42(23-38(49)50,22-27-10-14-44-37(43)17-27)36(45-25)24-54-35-19-28(18-34(53-3)39(35)51)40-30(11-15-46)32(48)20-29(55-40)8-6-26-7-9-31(47)33(16-26)52-2/h7,9-10,14,16-19,25,29-30,32,36,40,45-48,51H,4-6,8,11-13,15,20-24H2,1-3H3,(H2,43,44)(H,49,50). The minimum atomic E-state index is -0.886. The molecule has 1 aliphatic carbocycles. The predicted molar refractivity (Wildman–Crippen MR) is 206 cm³/mol. The van der Waals surface area contributed by atoms with E-state index in [2.05, 4.69) is 17.2 Å². The molecule has 13 heteroatoms. The second-order valence-corrected chi connectivity index (χ2v) is 15.9. The molecule has 0 radical (unpaired) electrons. The van der Waals surface area contributed by atoms with Crippen molar-refractivity contribution in [1.82, 2.24) is 10.3 Å². The van der Waals surface area contributed by atoms with Crippen molar-refractivity contribution in [2.45, 2.75) is 108 Å². The number of nitrogen functional groups attached to an aromatic ring is 1. The van der Waals surface area contributed by atoms with Crippen molar-refractivity contribution in [2.75, 3.05) is 33.2 Å². The smallest absolute Gasteiger partial charge is 0.304 e. The lowest BCUT2D eigenvalue weighted by molar-refractivity contribution is -0.148. The summed E-state index contributed by atoms with van der Waals surface area (Å²) in [6, 6.07) is 12.0. The van der Waals surface area contributed by atoms with Gasteiger partial charge in [-0.1, -0.05) is 18.9 Å². The molecule has 0 bridgehead atoms. The number of piperidine rings is 1. The number of hydrogen-bond donors (Lipinski definition) is 7. The monoisotopic (exact) mass is 763 g/mol. The van der Waals surface area contributed by atoms with Crippen molar-refractivity contribution >= 4 is 11.8 Å². The van der Waals surface area contributed by atoms with Gasteiger partial charge in [-0.25, -0.2) is 4.98 Å². The number of nitrogens with one attached hydrogen (secondary N) is 1. The molecule has 3 aromatic rings. The molecule has 7 atom stereocenters. The summed E-state index contributed by atoms with van der Waals surface area (Å²) >= 11 is 0. The fourth-order valence-corrected chi connectivity index (χ4v) is 10.0. The van der Waals surface area contributed by atoms with Gasteiger partial charge in [0, 0.05) is 36.2 Å². The van der Waals surface area contributed by atoms with E-state index in [1.165, 1.54) is 14.2 Å². The van der Waals surface area contributed by atoms with Gasteiger partial charge in [-0.2, -0.15) is 0 Å². The number of aliphatic hydroxyl groups excluding tert-OH is 2. The van der Waals surface area contributed by atoms with Crippen LogP contribution in [-0.4, -0.2) is 88.2 Å². The maximum absolute atomic E-state index is 12.8. The molecule has 300 valence electrons. The van der Waals surface area contributed by atoms with E-state index in [0.717, 1.165) is 43.2 Å². The van der Waals surface area contributed by atoms with Gasteiger partial charge in [0.05, 0.1) is 39.0 Å². The van der Waals surface area contributed by atoms with Crippen LogP contribution < -0.4 is 25.3 Å². The average Bonchev–Trinajstić information content (AvgIpc) is 3.62. The van der Waals surface area contributed by atoms with Crippen molar-refractivity contribution in [3.63, 3.8) is 0 Å². The summed E-state index contributed by atoms with van der Waals surface area (Å²) in [6.07, 6.45) is 6.81. The molecule has 3 aliphatic rings. The molecule has 2 aromatic carbocycles. The van der Waals surface area contributed by atoms with Gasteiger partial charge in [0.1, 0.15) is 12.4 Å². The van der Waals surface area contributed by atoms with Crippen LogP contribution in [0.25, 0.3) is 0 Å². The number of phenols is 2. The minimum Gasteiger partial charge on any atom is -0.504 e. The molecule has 13 nitrogen and oxygen atoms in total. The summed E-state index contributed by atoms with van der Waals surface area (Å²) in [4.78, 5) is 17.0. The lowest BCUT2D eigenvalue weighted by atomic mass is 9.51. The van der Waals surface area contributed by atoms with Crippen molar-refractivity contribution in [3.05, 3.63) is 65.4 Å². The zero-order chi connectivity index (χ0) is 39.3. The number of carbonyl (C=O) groups is 1. The van der Waals surface area contributed by atoms with Gasteiger partial charge in [-0.15, -0.1) is 0 Å². The molecule has 2 aliphatic heterocycles. The van der Waals surface area contributed by atoms with E-state index >= 15 is 0 Å². The van der Waals surface area contributed by atoms with Crippen LogP contribution in [0.5, 0.6) is 28.7 Å². The number of carboxylic acids is 1. The average molecular weight is 764 g/mol. The zero-order valence-corrected chi connectivity index (χ0v) is 32.1. The molecule has 8 N–H and O–H groups in total. The van der Waals surface area contributed by atoms with E-state index < -0.39 is 35.6 Å². The summed E-state index contributed by atoms with van der Waals surface area (Å²) in [5.41, 5.74) is 7.57. The maximum Gasteiger partial charge on any atom is 0.304 e. The SMILES string of the molecule is COc1cc(CCC2CC(O)C(CCO)C(c3cc(OC)c(O)c(OCC4NC(C)CC5(CCCC5)C4(CC(=O)O)Cc4ccnc(N)c4)c3)O2)ccc1O. The number of ether oxygens (including phenoxy) is 4. The quantitative estimate of drug-likeness (QED) is 0.105. The second-order valence-electron chi connectivity index (χ2n) is 15.9. The zero-order valence-electron chi connectivity index (χ0n) is 32.1. The fourth-order valence-electron chi connectivity index (χ4n) is 10.0. The van der Waals surface area contributed by atoms with Gasteiger partial charge in [0.2, 0.25) is 5.75 Å². The van der Waals surface area contributed by atoms with E-state index in [0.29, 0.717) is 42.8 Å². The highest BCUT2D eigenvalue weighted by Crippen LogP contribution is 2.61. The highest BCUT2D eigenvalue weighted by Gasteiger charge is 2.60. The third-order valence-electron chi connectivity index (χ3n) is 12.5. The Hall–Kier alpha value is -4.30. The molecule has 55 heavy (non-hydrogen) atoms. The summed E-state index contributed by atoms with van der Waals surface area (Å²) in [6.45, 7) is 2.04. The summed E-state index contributed by atoms with van der Waals surface area (Å²) in [5, 5.41) is 57.1. The molecule has 1 saturated carbocycles. The number of aromatic hydroxyl groups is 2. The first-order chi connectivity index (χ1) is 26.4. The van der Waals surface area contributed by atoms with Crippen molar-refractivity contribution in [3.8, 4) is 28.7 Å². The number of pyridine rings is 1. The van der Waals surface area contributed by atoms with Crippen molar-refractivity contribution in [2.24, 2.45) is 16.7 Å². The summed E-state index contributed by atoms with van der Waals surface area (Å²) in [5.74, 6) is -0.423. The molecular weight excluding hydrogens is 706 g/mol. The molecular formula is C42H57N3O10. The van der Waals surface area contributed by atoms with Crippen molar-refractivity contribution < 1.29 is 49.3 Å². The fraction of sp³-hybridized carbons (Fsp3) is 0.571. The van der Waals surface area contributed by atoms with E-state index in [-0.39, 0.29) is 66.6 Å². The van der Waals surface area contributed by atoms with Crippen LogP contribution in [0.15, 0.2) is 48.7 Å². The molecule has 6 rings (SSSR count). The van der Waals surface area contributed by atoms with E-state index in [9.17, 15) is 30.3 Å². The molecule has 1 spiro atoms. The van der Waals surface area contributed by atoms with Crippen LogP contribution in [0.3, 0.4) is 0 Å². The summed E-state index contributed by atoms with van der Waals surface area (Å²) in [7, 11) is 2.95. The van der Waals surface area contributed by atoms with Gasteiger partial charge in [0.25, 0.3) is 0 Å². The number of carboxylic acid groups (broad SMARTS) is 1. The molecule has 7 unspecified atom stereocenters. The third-order valence-corrected chi connectivity index (χ3v) is 12.5. The van der Waals surface area contributed by atoms with Crippen LogP contribution >= 0.6 is 0 Å². The van der Waals surface area contributed by atoms with Crippen LogP contribution in [0.1, 0.15) is 87.5 Å². The van der Waals surface area contributed by atoms with Gasteiger partial charge in [-0.3, -0.25) is 4.79 Å². The normalized spacial score (nSPS) is 27.5. The molecule has 1 aromatic heterocycles. The van der Waals surface area contributed by atoms with Crippen LogP contribution in [0.2, 0.25) is 0 Å². The molecule has 3 fully saturated rings. The Kier molecular flexibility index (Phi) is 12.6. The van der Waals surface area contributed by atoms with E-state index in [1.54, 1.807) is 30.5 Å². The second kappa shape index (κ2) is 17.2. The topological polar surface area (TPSA) is 206 Å². The number of aryl methyl sites for hydroxylation is 1. The number of methoxy groups -OCH3 is 2. The van der Waals surface area contributed by atoms with Gasteiger partial charge < -0.3 is 55.5 Å². The number of anilines is 1. The predicted octanol–water partition coefficient (Wildman–Crippen LogP) is 5.31. The summed E-state index contributed by atoms with van der Waals surface area (Å²) < 4.78 is 24.2. The first-order valence-corrected chi connectivity index (χ1v) is 19.4. The number of hydrogen-bond acceptors (Lipinski definition) is 12. The van der Waals surface area contributed by atoms with Crippen LogP contribution in [-0.2, 0) is 22.4 Å². The Morgan fingerprint density at radius 1 is 1.02 bits per heavy atom. The Morgan fingerprint density at radius 2 is 1.76 bits per heavy atom. The van der Waals surface area contributed by atoms with Gasteiger partial charge in [0.15, 0.2) is 23.0 Å². The Labute approximate surface area is 322 Å². The molecule has 0 amide bonds. The van der Waals surface area contributed by atoms with Gasteiger partial charge >= 0.3 is 5.97 Å². The number of aliphatic carboxylic acids is 1. The Balaban J connectivity index is 1.31. The van der Waals surface area contributed by atoms with Gasteiger partial charge in [-0.05, 0) is 117 Å². The molecule has 2 saturated heterocycles. The largest absolute Gasteiger partial charge is 0.504 e. The lowest BCUT2D eigenvalue weighted by Crippen LogP contribution is -2.65. The highest BCUT2D eigenvalue weighted by molar-refractivity contribution is 5.68. The number of aromatic nitrogens is 1. The lowest BCUT2D eigenvalue weighted by Gasteiger charge is -2.58. The Morgan fingerprint density at radius 3 is 2.45 bits per heavy atom. The van der Waals surface area contributed by atoms with Crippen molar-refractivity contribution in [1.29, 1.82) is 0 Å². The van der Waals surface area contributed by atoms with Crippen LogP contribution in [0.4, 0.5) is 5.82 Å².